The molecule has 0 aromatic heterocycles. The van der Waals surface area contributed by atoms with Crippen LogP contribution in [0.5, 0.6) is 0 Å². The van der Waals surface area contributed by atoms with E-state index in [0.29, 0.717) is 30.0 Å². The largest absolute Gasteiger partial charge is 0.374 e. The number of ether oxygens (including phenoxy) is 1. The standard InChI is InChI=1S/C18H31N5O3.HI/c1-11(2)21-16(24)7-19-18(20-8-17(25)22(3)4)23-9-12-13(10-23)15-6-5-14(12)26-15;/h11-15H,5-10H2,1-4H3,(H,19,20)(H,21,24);1H. The second-order valence-corrected chi connectivity index (χ2v) is 8.03. The molecular weight excluding hydrogens is 461 g/mol. The molecule has 2 bridgehead atoms. The van der Waals surface area contributed by atoms with E-state index < -0.39 is 0 Å². The molecule has 2 N–H and O–H groups in total. The van der Waals surface area contributed by atoms with Crippen molar-refractivity contribution in [2.75, 3.05) is 40.3 Å². The Balaban J connectivity index is 0.00000261. The van der Waals surface area contributed by atoms with Crippen molar-refractivity contribution in [1.29, 1.82) is 0 Å². The summed E-state index contributed by atoms with van der Waals surface area (Å²) in [6.07, 6.45) is 3.03. The summed E-state index contributed by atoms with van der Waals surface area (Å²) in [7, 11) is 3.46. The molecule has 154 valence electrons. The molecule has 0 saturated carbocycles. The summed E-state index contributed by atoms with van der Waals surface area (Å²) in [5, 5.41) is 6.00. The lowest BCUT2D eigenvalue weighted by molar-refractivity contribution is -0.127. The van der Waals surface area contributed by atoms with Gasteiger partial charge in [-0.15, -0.1) is 24.0 Å². The van der Waals surface area contributed by atoms with Crippen molar-refractivity contribution in [3.63, 3.8) is 0 Å². The molecule has 0 aromatic carbocycles. The first-order valence-electron chi connectivity index (χ1n) is 9.53. The lowest BCUT2D eigenvalue weighted by atomic mass is 9.82. The average molecular weight is 493 g/mol. The number of aliphatic imine (C=N–C) groups is 1. The third-order valence-corrected chi connectivity index (χ3v) is 5.47. The van der Waals surface area contributed by atoms with Crippen molar-refractivity contribution >= 4 is 41.8 Å². The van der Waals surface area contributed by atoms with Gasteiger partial charge < -0.3 is 25.2 Å². The monoisotopic (exact) mass is 493 g/mol. The van der Waals surface area contributed by atoms with E-state index in [-0.39, 0.29) is 54.9 Å². The van der Waals surface area contributed by atoms with Crippen molar-refractivity contribution in [2.45, 2.75) is 44.9 Å². The SMILES string of the molecule is CC(C)NC(=O)CN=C(NCC(=O)N(C)C)N1CC2C3CCC(O3)C2C1.I. The maximum atomic E-state index is 12.0. The second kappa shape index (κ2) is 9.40. The van der Waals surface area contributed by atoms with E-state index in [1.54, 1.807) is 19.0 Å². The zero-order valence-electron chi connectivity index (χ0n) is 16.6. The fraction of sp³-hybridized carbons (Fsp3) is 0.833. The van der Waals surface area contributed by atoms with Crippen molar-refractivity contribution in [1.82, 2.24) is 20.4 Å². The Morgan fingerprint density at radius 1 is 1.19 bits per heavy atom. The lowest BCUT2D eigenvalue weighted by Gasteiger charge is -2.24. The highest BCUT2D eigenvalue weighted by molar-refractivity contribution is 14.0. The Morgan fingerprint density at radius 2 is 1.78 bits per heavy atom. The molecule has 0 radical (unpaired) electrons. The number of hydrogen-bond donors (Lipinski definition) is 2. The summed E-state index contributed by atoms with van der Waals surface area (Å²) < 4.78 is 6.03. The zero-order chi connectivity index (χ0) is 18.8. The van der Waals surface area contributed by atoms with Crippen LogP contribution >= 0.6 is 24.0 Å². The molecule has 4 unspecified atom stereocenters. The van der Waals surface area contributed by atoms with Gasteiger partial charge in [0.2, 0.25) is 11.8 Å². The van der Waals surface area contributed by atoms with Crippen molar-refractivity contribution in [3.8, 4) is 0 Å². The number of hydrogen-bond acceptors (Lipinski definition) is 4. The third kappa shape index (κ3) is 5.24. The summed E-state index contributed by atoms with van der Waals surface area (Å²) in [5.41, 5.74) is 0. The molecule has 2 amide bonds. The summed E-state index contributed by atoms with van der Waals surface area (Å²) >= 11 is 0. The van der Waals surface area contributed by atoms with Gasteiger partial charge in [-0.1, -0.05) is 0 Å². The number of guanidine groups is 1. The number of likely N-dealkylation sites (tertiary alicyclic amines) is 1. The molecule has 3 saturated heterocycles. The van der Waals surface area contributed by atoms with Gasteiger partial charge in [0.15, 0.2) is 5.96 Å². The smallest absolute Gasteiger partial charge is 0.242 e. The van der Waals surface area contributed by atoms with Gasteiger partial charge in [-0.05, 0) is 26.7 Å². The van der Waals surface area contributed by atoms with Crippen LogP contribution in [-0.2, 0) is 14.3 Å². The molecule has 3 rings (SSSR count). The molecular formula is C18H32IN5O3. The van der Waals surface area contributed by atoms with Gasteiger partial charge in [0.1, 0.15) is 6.54 Å². The van der Waals surface area contributed by atoms with Gasteiger partial charge in [-0.2, -0.15) is 0 Å². The Labute approximate surface area is 178 Å². The summed E-state index contributed by atoms with van der Waals surface area (Å²) in [5.74, 6) is 1.59. The number of fused-ring (bicyclic) bond motifs is 5. The van der Waals surface area contributed by atoms with E-state index in [1.807, 2.05) is 13.8 Å². The van der Waals surface area contributed by atoms with Crippen molar-refractivity contribution in [2.24, 2.45) is 16.8 Å². The minimum atomic E-state index is -0.110. The van der Waals surface area contributed by atoms with Gasteiger partial charge in [-0.25, -0.2) is 4.99 Å². The first-order valence-corrected chi connectivity index (χ1v) is 9.53. The van der Waals surface area contributed by atoms with Crippen LogP contribution in [0.25, 0.3) is 0 Å². The fourth-order valence-electron chi connectivity index (χ4n) is 4.23. The average Bonchev–Trinajstić information content (AvgIpc) is 3.26. The van der Waals surface area contributed by atoms with Gasteiger partial charge >= 0.3 is 0 Å². The summed E-state index contributed by atoms with van der Waals surface area (Å²) in [4.78, 5) is 32.1. The molecule has 3 heterocycles. The predicted octanol–water partition coefficient (Wildman–Crippen LogP) is 0.272. The number of rotatable bonds is 5. The Hall–Kier alpha value is -1.10. The maximum Gasteiger partial charge on any atom is 0.242 e. The van der Waals surface area contributed by atoms with Crippen LogP contribution in [0.3, 0.4) is 0 Å². The van der Waals surface area contributed by atoms with E-state index in [0.717, 1.165) is 25.9 Å². The van der Waals surface area contributed by atoms with Crippen LogP contribution in [0.4, 0.5) is 0 Å². The van der Waals surface area contributed by atoms with E-state index in [1.165, 1.54) is 0 Å². The molecule has 3 aliphatic heterocycles. The molecule has 3 fully saturated rings. The van der Waals surface area contributed by atoms with Crippen molar-refractivity contribution < 1.29 is 14.3 Å². The summed E-state index contributed by atoms with van der Waals surface area (Å²) in [6.45, 7) is 5.83. The van der Waals surface area contributed by atoms with Crippen LogP contribution < -0.4 is 10.6 Å². The molecule has 4 atom stereocenters. The minimum absolute atomic E-state index is 0. The van der Waals surface area contributed by atoms with Crippen LogP contribution in [0.2, 0.25) is 0 Å². The van der Waals surface area contributed by atoms with Crippen LogP contribution in [0.15, 0.2) is 4.99 Å². The summed E-state index contributed by atoms with van der Waals surface area (Å²) in [6, 6.07) is 0.0864. The number of nitrogens with one attached hydrogen (secondary N) is 2. The highest BCUT2D eigenvalue weighted by atomic mass is 127. The first-order chi connectivity index (χ1) is 12.3. The zero-order valence-corrected chi connectivity index (χ0v) is 18.9. The number of likely N-dealkylation sites (N-methyl/N-ethyl adjacent to an activating group) is 1. The quantitative estimate of drug-likeness (QED) is 0.327. The molecule has 8 nitrogen and oxygen atoms in total. The molecule has 27 heavy (non-hydrogen) atoms. The molecule has 0 spiro atoms. The topological polar surface area (TPSA) is 86.3 Å². The van der Waals surface area contributed by atoms with E-state index in [4.69, 9.17) is 4.74 Å². The van der Waals surface area contributed by atoms with Crippen molar-refractivity contribution in [3.05, 3.63) is 0 Å². The van der Waals surface area contributed by atoms with E-state index in [9.17, 15) is 9.59 Å². The highest BCUT2D eigenvalue weighted by Crippen LogP contribution is 2.47. The second-order valence-electron chi connectivity index (χ2n) is 8.03. The van der Waals surface area contributed by atoms with Crippen LogP contribution in [0, 0.1) is 11.8 Å². The molecule has 0 aliphatic carbocycles. The third-order valence-electron chi connectivity index (χ3n) is 5.47. The Morgan fingerprint density at radius 3 is 2.30 bits per heavy atom. The number of amides is 2. The van der Waals surface area contributed by atoms with Gasteiger partial charge in [-0.3, -0.25) is 9.59 Å². The first kappa shape index (κ1) is 22.2. The van der Waals surface area contributed by atoms with E-state index in [2.05, 4.69) is 20.5 Å². The van der Waals surface area contributed by atoms with Gasteiger partial charge in [0.25, 0.3) is 0 Å². The Bertz CT molecular complexity index is 565. The van der Waals surface area contributed by atoms with Gasteiger partial charge in [0, 0.05) is 45.1 Å². The maximum absolute atomic E-state index is 12.0. The lowest BCUT2D eigenvalue weighted by Crippen LogP contribution is -2.46. The molecule has 3 aliphatic rings. The number of carbonyl (C=O) groups is 2. The van der Waals surface area contributed by atoms with Crippen LogP contribution in [-0.4, -0.2) is 86.1 Å². The molecule has 0 aromatic rings. The van der Waals surface area contributed by atoms with Gasteiger partial charge in [0.05, 0.1) is 18.8 Å². The normalized spacial score (nSPS) is 28.8. The minimum Gasteiger partial charge on any atom is -0.374 e. The number of carbonyl (C=O) groups excluding carboxylic acids is 2. The number of halogens is 1. The predicted molar refractivity (Wildman–Crippen MR) is 114 cm³/mol. The fourth-order valence-corrected chi connectivity index (χ4v) is 4.23. The Kier molecular flexibility index (Phi) is 7.73. The van der Waals surface area contributed by atoms with E-state index >= 15 is 0 Å². The van der Waals surface area contributed by atoms with Crippen LogP contribution in [0.1, 0.15) is 26.7 Å². The molecule has 9 heteroatoms. The number of nitrogens with zero attached hydrogens (tertiary/aromatic N) is 3. The highest BCUT2D eigenvalue weighted by Gasteiger charge is 2.53.